The van der Waals surface area contributed by atoms with Crippen LogP contribution in [0, 0.1) is 0 Å². The quantitative estimate of drug-likeness (QED) is 0.682. The zero-order valence-corrected chi connectivity index (χ0v) is 12.4. The van der Waals surface area contributed by atoms with Gasteiger partial charge in [-0.25, -0.2) is 9.59 Å². The van der Waals surface area contributed by atoms with Crippen molar-refractivity contribution in [3.8, 4) is 0 Å². The topological polar surface area (TPSA) is 133 Å². The number of hydrogen-bond acceptors (Lipinski definition) is 7. The average molecular weight is 327 g/mol. The molecule has 11 heteroatoms. The summed E-state index contributed by atoms with van der Waals surface area (Å²) in [5.74, 6) is -3.11. The molecule has 1 aromatic rings. The minimum Gasteiger partial charge on any atom is -0.479 e. The molecule has 2 heterocycles. The van der Waals surface area contributed by atoms with Gasteiger partial charge in [0, 0.05) is 25.0 Å². The van der Waals surface area contributed by atoms with Gasteiger partial charge in [0.15, 0.2) is 6.04 Å². The molecule has 0 saturated carbocycles. The van der Waals surface area contributed by atoms with Crippen LogP contribution in [0.15, 0.2) is 5.38 Å². The number of rotatable bonds is 4. The van der Waals surface area contributed by atoms with Crippen molar-refractivity contribution < 1.29 is 24.3 Å². The highest BCUT2D eigenvalue weighted by Gasteiger charge is 2.37. The van der Waals surface area contributed by atoms with E-state index in [1.54, 1.807) is 6.92 Å². The lowest BCUT2D eigenvalue weighted by Gasteiger charge is -2.32. The zero-order chi connectivity index (χ0) is 16.3. The van der Waals surface area contributed by atoms with Gasteiger partial charge in [-0.1, -0.05) is 4.49 Å². The molecule has 1 aromatic heterocycles. The van der Waals surface area contributed by atoms with Crippen LogP contribution in [-0.2, 0) is 14.4 Å². The third-order valence-electron chi connectivity index (χ3n) is 3.12. The van der Waals surface area contributed by atoms with Crippen LogP contribution in [0.25, 0.3) is 0 Å². The molecule has 1 saturated heterocycles. The summed E-state index contributed by atoms with van der Waals surface area (Å²) in [5.41, 5.74) is 0.0526. The summed E-state index contributed by atoms with van der Waals surface area (Å²) in [5, 5.41) is 16.3. The highest BCUT2D eigenvalue weighted by atomic mass is 32.1. The van der Waals surface area contributed by atoms with Crippen molar-refractivity contribution in [2.45, 2.75) is 13.0 Å². The van der Waals surface area contributed by atoms with Crippen molar-refractivity contribution >= 4 is 35.3 Å². The molecule has 1 atom stereocenters. The summed E-state index contributed by atoms with van der Waals surface area (Å²) in [6.45, 7) is 2.30. The SMILES string of the molecule is CCN1CCN(C(=O)NC(C(=O)O)c2csnn2)C(=O)C1=O. The maximum absolute atomic E-state index is 12.1. The minimum atomic E-state index is -1.43. The van der Waals surface area contributed by atoms with Gasteiger partial charge >= 0.3 is 23.8 Å². The lowest BCUT2D eigenvalue weighted by atomic mass is 10.2. The molecule has 1 aliphatic heterocycles. The maximum atomic E-state index is 12.1. The van der Waals surface area contributed by atoms with Crippen LogP contribution in [0.5, 0.6) is 0 Å². The minimum absolute atomic E-state index is 0.00585. The highest BCUT2D eigenvalue weighted by Crippen LogP contribution is 2.13. The Labute approximate surface area is 128 Å². The molecule has 0 radical (unpaired) electrons. The number of likely N-dealkylation sites (N-methyl/N-ethyl adjacent to an activating group) is 1. The van der Waals surface area contributed by atoms with Crippen LogP contribution in [0.3, 0.4) is 0 Å². The third kappa shape index (κ3) is 3.03. The Morgan fingerprint density at radius 3 is 2.68 bits per heavy atom. The summed E-state index contributed by atoms with van der Waals surface area (Å²) in [4.78, 5) is 48.9. The van der Waals surface area contributed by atoms with Gasteiger partial charge in [-0.05, 0) is 18.5 Å². The number of hydrogen-bond donors (Lipinski definition) is 2. The van der Waals surface area contributed by atoms with Crippen molar-refractivity contribution in [2.24, 2.45) is 0 Å². The maximum Gasteiger partial charge on any atom is 0.332 e. The van der Waals surface area contributed by atoms with Crippen molar-refractivity contribution in [2.75, 3.05) is 19.6 Å². The third-order valence-corrected chi connectivity index (χ3v) is 3.65. The standard InChI is InChI=1S/C11H13N5O5S/c1-2-15-3-4-16(9(18)8(15)17)11(21)12-7(10(19)20)6-5-22-14-13-6/h5,7H,2-4H2,1H3,(H,12,21)(H,19,20). The Kier molecular flexibility index (Phi) is 4.65. The fourth-order valence-electron chi connectivity index (χ4n) is 1.93. The number of nitrogens with one attached hydrogen (secondary N) is 1. The monoisotopic (exact) mass is 327 g/mol. The number of carbonyl (C=O) groups is 4. The number of carboxylic acid groups (broad SMARTS) is 1. The Balaban J connectivity index is 2.10. The predicted molar refractivity (Wildman–Crippen MR) is 72.8 cm³/mol. The van der Waals surface area contributed by atoms with Gasteiger partial charge in [0.2, 0.25) is 0 Å². The molecular weight excluding hydrogens is 314 g/mol. The second-order valence-electron chi connectivity index (χ2n) is 4.39. The number of piperazine rings is 1. The first-order chi connectivity index (χ1) is 10.5. The molecule has 1 fully saturated rings. The molecule has 0 aromatic carbocycles. The van der Waals surface area contributed by atoms with Crippen LogP contribution >= 0.6 is 11.5 Å². The van der Waals surface area contributed by atoms with E-state index < -0.39 is 29.9 Å². The summed E-state index contributed by atoms with van der Waals surface area (Å²) >= 11 is 0.935. The largest absolute Gasteiger partial charge is 0.479 e. The number of carboxylic acids is 1. The molecule has 2 N–H and O–H groups in total. The van der Waals surface area contributed by atoms with Crippen LogP contribution in [-0.4, -0.2) is 67.9 Å². The molecule has 0 bridgehead atoms. The van der Waals surface area contributed by atoms with E-state index in [2.05, 4.69) is 14.9 Å². The van der Waals surface area contributed by atoms with Gasteiger partial charge < -0.3 is 15.3 Å². The van der Waals surface area contributed by atoms with Crippen molar-refractivity contribution in [1.82, 2.24) is 24.7 Å². The number of aliphatic carboxylic acids is 1. The summed E-state index contributed by atoms with van der Waals surface area (Å²) in [6.07, 6.45) is 0. The second-order valence-corrected chi connectivity index (χ2v) is 5.00. The van der Waals surface area contributed by atoms with Gasteiger partial charge in [0.1, 0.15) is 5.69 Å². The average Bonchev–Trinajstić information content (AvgIpc) is 3.00. The number of urea groups is 1. The van der Waals surface area contributed by atoms with Crippen LogP contribution < -0.4 is 5.32 Å². The van der Waals surface area contributed by atoms with Crippen molar-refractivity contribution in [1.29, 1.82) is 0 Å². The van der Waals surface area contributed by atoms with Gasteiger partial charge in [-0.15, -0.1) is 5.10 Å². The van der Waals surface area contributed by atoms with Crippen LogP contribution in [0.4, 0.5) is 4.79 Å². The fourth-order valence-corrected chi connectivity index (χ4v) is 2.41. The molecule has 118 valence electrons. The Hall–Kier alpha value is -2.56. The van der Waals surface area contributed by atoms with Crippen LogP contribution in [0.2, 0.25) is 0 Å². The summed E-state index contributed by atoms with van der Waals surface area (Å²) in [7, 11) is 0. The number of aromatic nitrogens is 2. The fraction of sp³-hybridized carbons (Fsp3) is 0.455. The Bertz CT molecular complexity index is 604. The second kappa shape index (κ2) is 6.47. The van der Waals surface area contributed by atoms with Crippen molar-refractivity contribution in [3.05, 3.63) is 11.1 Å². The van der Waals surface area contributed by atoms with E-state index in [9.17, 15) is 19.2 Å². The van der Waals surface area contributed by atoms with E-state index in [0.717, 1.165) is 11.5 Å². The number of nitrogens with zero attached hydrogens (tertiary/aromatic N) is 4. The first-order valence-corrected chi connectivity index (χ1v) is 7.20. The summed E-state index contributed by atoms with van der Waals surface area (Å²) in [6, 6.07) is -2.38. The van der Waals surface area contributed by atoms with Gasteiger partial charge in [-0.3, -0.25) is 14.5 Å². The molecule has 0 spiro atoms. The van der Waals surface area contributed by atoms with E-state index in [1.807, 2.05) is 0 Å². The molecule has 1 aliphatic rings. The van der Waals surface area contributed by atoms with E-state index in [-0.39, 0.29) is 18.8 Å². The van der Waals surface area contributed by atoms with E-state index >= 15 is 0 Å². The zero-order valence-electron chi connectivity index (χ0n) is 11.6. The molecule has 10 nitrogen and oxygen atoms in total. The Morgan fingerprint density at radius 1 is 1.41 bits per heavy atom. The van der Waals surface area contributed by atoms with E-state index in [0.29, 0.717) is 11.4 Å². The number of amides is 4. The van der Waals surface area contributed by atoms with E-state index in [4.69, 9.17) is 5.11 Å². The molecule has 0 aliphatic carbocycles. The molecule has 4 amide bonds. The molecular formula is C11H13N5O5S. The predicted octanol–water partition coefficient (Wildman–Crippen LogP) is -0.936. The number of carbonyl (C=O) groups excluding carboxylic acids is 3. The smallest absolute Gasteiger partial charge is 0.332 e. The van der Waals surface area contributed by atoms with Gasteiger partial charge in [0.05, 0.1) is 0 Å². The highest BCUT2D eigenvalue weighted by molar-refractivity contribution is 7.03. The molecule has 22 heavy (non-hydrogen) atoms. The first-order valence-electron chi connectivity index (χ1n) is 6.36. The lowest BCUT2D eigenvalue weighted by Crippen LogP contribution is -2.58. The Morgan fingerprint density at radius 2 is 2.14 bits per heavy atom. The van der Waals surface area contributed by atoms with Gasteiger partial charge in [-0.2, -0.15) is 0 Å². The van der Waals surface area contributed by atoms with E-state index in [1.165, 1.54) is 10.3 Å². The normalized spacial score (nSPS) is 16.6. The van der Waals surface area contributed by atoms with Crippen LogP contribution in [0.1, 0.15) is 18.7 Å². The molecule has 2 rings (SSSR count). The number of imide groups is 1. The summed E-state index contributed by atoms with van der Waals surface area (Å²) < 4.78 is 3.53. The lowest BCUT2D eigenvalue weighted by molar-refractivity contribution is -0.153. The van der Waals surface area contributed by atoms with Gasteiger partial charge in [0.25, 0.3) is 0 Å². The molecule has 1 unspecified atom stereocenters. The van der Waals surface area contributed by atoms with Crippen molar-refractivity contribution in [3.63, 3.8) is 0 Å². The first kappa shape index (κ1) is 15.8.